The molecule has 7 nitrogen and oxygen atoms in total. The molecule has 0 saturated carbocycles. The smallest absolute Gasteiger partial charge is 0.306 e. The molecule has 1 fully saturated rings. The van der Waals surface area contributed by atoms with Crippen LogP contribution in [0.1, 0.15) is 12.8 Å². The van der Waals surface area contributed by atoms with Crippen molar-refractivity contribution >= 4 is 15.7 Å². The molecule has 0 spiro atoms. The highest BCUT2D eigenvalue weighted by Gasteiger charge is 2.23. The van der Waals surface area contributed by atoms with Gasteiger partial charge in [-0.15, -0.1) is 0 Å². The summed E-state index contributed by atoms with van der Waals surface area (Å²) in [6.07, 6.45) is 1.90. The molecule has 1 heterocycles. The maximum absolute atomic E-state index is 13.2. The van der Waals surface area contributed by atoms with Crippen LogP contribution in [0.15, 0.2) is 23.1 Å². The number of nitrogens with zero attached hydrogens (tertiary/aromatic N) is 1. The highest BCUT2D eigenvalue weighted by molar-refractivity contribution is 7.89. The average molecular weight is 317 g/mol. The number of rotatable bonds is 5. The normalized spacial score (nSPS) is 19.4. The number of piperidine rings is 1. The third-order valence-electron chi connectivity index (χ3n) is 3.39. The first-order chi connectivity index (χ1) is 9.90. The number of hydrogen-bond donors (Lipinski definition) is 2. The Bertz CT molecular complexity index is 629. The van der Waals surface area contributed by atoms with Gasteiger partial charge in [-0.25, -0.2) is 13.1 Å². The van der Waals surface area contributed by atoms with Crippen LogP contribution in [-0.4, -0.2) is 33.0 Å². The summed E-state index contributed by atoms with van der Waals surface area (Å²) in [5.74, 6) is -0.876. The SMILES string of the molecule is O=[N+]([O-])c1cc(S(=O)(=O)NCC2CCCNC2)ccc1F. The second kappa shape index (κ2) is 6.46. The van der Waals surface area contributed by atoms with Crippen molar-refractivity contribution in [2.24, 2.45) is 5.92 Å². The number of nitro groups is 1. The largest absolute Gasteiger partial charge is 0.316 e. The number of halogens is 1. The molecule has 1 aliphatic heterocycles. The zero-order chi connectivity index (χ0) is 15.5. The Kier molecular flexibility index (Phi) is 4.86. The Labute approximate surface area is 121 Å². The zero-order valence-electron chi connectivity index (χ0n) is 11.2. The van der Waals surface area contributed by atoms with Gasteiger partial charge in [0.15, 0.2) is 0 Å². The molecule has 1 atom stereocenters. The van der Waals surface area contributed by atoms with Gasteiger partial charge in [-0.2, -0.15) is 4.39 Å². The van der Waals surface area contributed by atoms with Gasteiger partial charge in [-0.1, -0.05) is 0 Å². The van der Waals surface area contributed by atoms with Gasteiger partial charge in [-0.05, 0) is 44.0 Å². The topological polar surface area (TPSA) is 101 Å². The molecular weight excluding hydrogens is 301 g/mol. The van der Waals surface area contributed by atoms with Gasteiger partial charge < -0.3 is 5.32 Å². The van der Waals surface area contributed by atoms with E-state index in [-0.39, 0.29) is 17.4 Å². The lowest BCUT2D eigenvalue weighted by molar-refractivity contribution is -0.387. The number of nitrogens with one attached hydrogen (secondary N) is 2. The van der Waals surface area contributed by atoms with Crippen LogP contribution in [0.25, 0.3) is 0 Å². The minimum Gasteiger partial charge on any atom is -0.316 e. The average Bonchev–Trinajstić information content (AvgIpc) is 2.46. The summed E-state index contributed by atoms with van der Waals surface area (Å²) in [6, 6.07) is 2.54. The first-order valence-electron chi connectivity index (χ1n) is 6.54. The molecule has 1 aromatic carbocycles. The van der Waals surface area contributed by atoms with E-state index in [0.29, 0.717) is 0 Å². The van der Waals surface area contributed by atoms with Crippen molar-refractivity contribution in [1.29, 1.82) is 0 Å². The van der Waals surface area contributed by atoms with E-state index in [0.717, 1.165) is 44.1 Å². The van der Waals surface area contributed by atoms with E-state index in [4.69, 9.17) is 0 Å². The summed E-state index contributed by atoms with van der Waals surface area (Å²) < 4.78 is 39.8. The molecule has 1 aliphatic rings. The molecule has 9 heteroatoms. The lowest BCUT2D eigenvalue weighted by Gasteiger charge is -2.22. The van der Waals surface area contributed by atoms with Crippen LogP contribution < -0.4 is 10.0 Å². The Morgan fingerprint density at radius 2 is 2.24 bits per heavy atom. The van der Waals surface area contributed by atoms with E-state index < -0.39 is 26.5 Å². The quantitative estimate of drug-likeness (QED) is 0.623. The van der Waals surface area contributed by atoms with Gasteiger partial charge in [0, 0.05) is 12.6 Å². The number of hydrogen-bond acceptors (Lipinski definition) is 5. The second-order valence-corrected chi connectivity index (χ2v) is 6.70. The predicted molar refractivity (Wildman–Crippen MR) is 73.8 cm³/mol. The number of benzene rings is 1. The van der Waals surface area contributed by atoms with Crippen molar-refractivity contribution in [3.63, 3.8) is 0 Å². The van der Waals surface area contributed by atoms with Crippen molar-refractivity contribution in [3.05, 3.63) is 34.1 Å². The van der Waals surface area contributed by atoms with Gasteiger partial charge >= 0.3 is 5.69 Å². The van der Waals surface area contributed by atoms with Gasteiger partial charge in [0.1, 0.15) is 0 Å². The fourth-order valence-corrected chi connectivity index (χ4v) is 3.34. The molecule has 0 amide bonds. The predicted octanol–water partition coefficient (Wildman–Crippen LogP) is 1.01. The van der Waals surface area contributed by atoms with Crippen LogP contribution in [0.2, 0.25) is 0 Å². The van der Waals surface area contributed by atoms with Gasteiger partial charge in [0.05, 0.1) is 9.82 Å². The fourth-order valence-electron chi connectivity index (χ4n) is 2.21. The van der Waals surface area contributed by atoms with E-state index in [1.165, 1.54) is 0 Å². The molecule has 1 aromatic rings. The first kappa shape index (κ1) is 15.8. The van der Waals surface area contributed by atoms with Gasteiger partial charge in [-0.3, -0.25) is 10.1 Å². The molecule has 116 valence electrons. The third kappa shape index (κ3) is 3.96. The molecule has 0 bridgehead atoms. The second-order valence-electron chi connectivity index (χ2n) is 4.93. The summed E-state index contributed by atoms with van der Waals surface area (Å²) in [4.78, 5) is 9.40. The molecular formula is C12H16FN3O4S. The van der Waals surface area contributed by atoms with Crippen LogP contribution in [0.3, 0.4) is 0 Å². The van der Waals surface area contributed by atoms with E-state index >= 15 is 0 Å². The third-order valence-corrected chi connectivity index (χ3v) is 4.81. The van der Waals surface area contributed by atoms with Crippen molar-refractivity contribution in [2.45, 2.75) is 17.7 Å². The molecule has 1 unspecified atom stereocenters. The lowest BCUT2D eigenvalue weighted by Crippen LogP contribution is -2.38. The molecule has 0 radical (unpaired) electrons. The molecule has 0 aliphatic carbocycles. The number of sulfonamides is 1. The van der Waals surface area contributed by atoms with Crippen molar-refractivity contribution in [1.82, 2.24) is 10.0 Å². The Balaban J connectivity index is 2.11. The molecule has 21 heavy (non-hydrogen) atoms. The summed E-state index contributed by atoms with van der Waals surface area (Å²) in [5, 5.41) is 13.8. The molecule has 1 saturated heterocycles. The molecule has 2 N–H and O–H groups in total. The maximum Gasteiger partial charge on any atom is 0.306 e. The van der Waals surface area contributed by atoms with Crippen LogP contribution in [0.4, 0.5) is 10.1 Å². The summed E-state index contributed by atoms with van der Waals surface area (Å²) in [5.41, 5.74) is -0.850. The van der Waals surface area contributed by atoms with Crippen molar-refractivity contribution < 1.29 is 17.7 Å². The standard InChI is InChI=1S/C12H16FN3O4S/c13-11-4-3-10(6-12(11)16(17)18)21(19,20)15-8-9-2-1-5-14-7-9/h3-4,6,9,14-15H,1-2,5,7-8H2. The highest BCUT2D eigenvalue weighted by atomic mass is 32.2. The number of nitro benzene ring substituents is 1. The van der Waals surface area contributed by atoms with E-state index in [1.807, 2.05) is 0 Å². The van der Waals surface area contributed by atoms with E-state index in [1.54, 1.807) is 0 Å². The highest BCUT2D eigenvalue weighted by Crippen LogP contribution is 2.21. The fraction of sp³-hybridized carbons (Fsp3) is 0.500. The summed E-state index contributed by atoms with van der Waals surface area (Å²) in [7, 11) is -3.88. The van der Waals surface area contributed by atoms with E-state index in [9.17, 15) is 22.9 Å². The lowest BCUT2D eigenvalue weighted by atomic mass is 10.0. The van der Waals surface area contributed by atoms with Crippen LogP contribution >= 0.6 is 0 Å². The summed E-state index contributed by atoms with van der Waals surface area (Å²) in [6.45, 7) is 1.90. The van der Waals surface area contributed by atoms with Crippen LogP contribution in [0.5, 0.6) is 0 Å². The summed E-state index contributed by atoms with van der Waals surface area (Å²) >= 11 is 0. The van der Waals surface area contributed by atoms with Gasteiger partial charge in [0.2, 0.25) is 15.8 Å². The van der Waals surface area contributed by atoms with Gasteiger partial charge in [0.25, 0.3) is 0 Å². The molecule has 0 aromatic heterocycles. The van der Waals surface area contributed by atoms with E-state index in [2.05, 4.69) is 10.0 Å². The Hall–Kier alpha value is -1.58. The minimum absolute atomic E-state index is 0.184. The zero-order valence-corrected chi connectivity index (χ0v) is 12.0. The van der Waals surface area contributed by atoms with Crippen LogP contribution in [0, 0.1) is 21.8 Å². The monoisotopic (exact) mass is 317 g/mol. The Morgan fingerprint density at radius 3 is 2.86 bits per heavy atom. The molecule has 2 rings (SSSR count). The maximum atomic E-state index is 13.2. The Morgan fingerprint density at radius 1 is 1.48 bits per heavy atom. The first-order valence-corrected chi connectivity index (χ1v) is 8.03. The van der Waals surface area contributed by atoms with Crippen LogP contribution in [-0.2, 0) is 10.0 Å². The van der Waals surface area contributed by atoms with Crippen molar-refractivity contribution in [3.8, 4) is 0 Å². The minimum atomic E-state index is -3.88. The van der Waals surface area contributed by atoms with Crippen molar-refractivity contribution in [2.75, 3.05) is 19.6 Å².